The van der Waals surface area contributed by atoms with Crippen LogP contribution in [0.3, 0.4) is 0 Å². The number of imidazole rings is 1. The van der Waals surface area contributed by atoms with Crippen LogP contribution in [-0.2, 0) is 16.1 Å². The van der Waals surface area contributed by atoms with Crippen molar-refractivity contribution >= 4 is 28.5 Å². The Morgan fingerprint density at radius 3 is 2.39 bits per heavy atom. The van der Waals surface area contributed by atoms with Gasteiger partial charge in [0.05, 0.1) is 17.1 Å². The first-order valence-electron chi connectivity index (χ1n) is 9.51. The number of carbonyl (C=O) groups excluding carboxylic acids is 2. The summed E-state index contributed by atoms with van der Waals surface area (Å²) in [6, 6.07) is 13.3. The van der Waals surface area contributed by atoms with Gasteiger partial charge in [-0.2, -0.15) is 0 Å². The number of benzene rings is 2. The largest absolute Gasteiger partial charge is 0.346 e. The second kappa shape index (κ2) is 8.25. The molecule has 0 bridgehead atoms. The van der Waals surface area contributed by atoms with Crippen molar-refractivity contribution in [3.8, 4) is 0 Å². The first kappa shape index (κ1) is 19.6. The molecular formula is C22H26N4O2. The van der Waals surface area contributed by atoms with Crippen molar-refractivity contribution < 1.29 is 9.59 Å². The van der Waals surface area contributed by atoms with E-state index in [1.807, 2.05) is 74.7 Å². The maximum atomic E-state index is 12.8. The van der Waals surface area contributed by atoms with Gasteiger partial charge < -0.3 is 15.2 Å². The van der Waals surface area contributed by atoms with E-state index in [1.165, 1.54) is 0 Å². The topological polar surface area (TPSA) is 76.0 Å². The van der Waals surface area contributed by atoms with Gasteiger partial charge >= 0.3 is 0 Å². The SMILES string of the molecule is CCC(=O)NC(C)c1nc2ccccc2n1CC(=O)Nc1c(C)cccc1C. The van der Waals surface area contributed by atoms with Crippen molar-refractivity contribution in [3.63, 3.8) is 0 Å². The van der Waals surface area contributed by atoms with Gasteiger partial charge in [-0.1, -0.05) is 37.3 Å². The fourth-order valence-corrected chi connectivity index (χ4v) is 3.33. The van der Waals surface area contributed by atoms with Crippen LogP contribution >= 0.6 is 0 Å². The number of rotatable bonds is 6. The second-order valence-corrected chi connectivity index (χ2v) is 7.00. The van der Waals surface area contributed by atoms with Gasteiger partial charge in [-0.3, -0.25) is 9.59 Å². The maximum Gasteiger partial charge on any atom is 0.244 e. The van der Waals surface area contributed by atoms with E-state index in [1.54, 1.807) is 0 Å². The third-order valence-electron chi connectivity index (χ3n) is 4.82. The van der Waals surface area contributed by atoms with E-state index in [0.717, 1.165) is 27.8 Å². The van der Waals surface area contributed by atoms with Crippen LogP contribution in [0.25, 0.3) is 11.0 Å². The van der Waals surface area contributed by atoms with Gasteiger partial charge in [-0.15, -0.1) is 0 Å². The van der Waals surface area contributed by atoms with Gasteiger partial charge in [0.1, 0.15) is 12.4 Å². The van der Waals surface area contributed by atoms with Crippen LogP contribution in [0.1, 0.15) is 43.3 Å². The average molecular weight is 378 g/mol. The summed E-state index contributed by atoms with van der Waals surface area (Å²) in [7, 11) is 0. The molecule has 2 amide bonds. The molecule has 2 aromatic carbocycles. The van der Waals surface area contributed by atoms with E-state index >= 15 is 0 Å². The molecule has 1 aromatic heterocycles. The molecule has 2 N–H and O–H groups in total. The number of carbonyl (C=O) groups is 2. The number of nitrogens with zero attached hydrogens (tertiary/aromatic N) is 2. The van der Waals surface area contributed by atoms with Crippen molar-refractivity contribution in [2.24, 2.45) is 0 Å². The van der Waals surface area contributed by atoms with Crippen LogP contribution in [-0.4, -0.2) is 21.4 Å². The van der Waals surface area contributed by atoms with Crippen LogP contribution in [0.15, 0.2) is 42.5 Å². The molecule has 0 saturated heterocycles. The molecule has 146 valence electrons. The smallest absolute Gasteiger partial charge is 0.244 e. The highest BCUT2D eigenvalue weighted by Gasteiger charge is 2.20. The summed E-state index contributed by atoms with van der Waals surface area (Å²) in [4.78, 5) is 29.3. The number of aryl methyl sites for hydroxylation is 2. The molecule has 3 rings (SSSR count). The molecule has 0 aliphatic heterocycles. The van der Waals surface area contributed by atoms with Crippen molar-refractivity contribution in [3.05, 3.63) is 59.4 Å². The Morgan fingerprint density at radius 2 is 1.71 bits per heavy atom. The van der Waals surface area contributed by atoms with E-state index in [4.69, 9.17) is 0 Å². The molecule has 1 unspecified atom stereocenters. The van der Waals surface area contributed by atoms with E-state index in [9.17, 15) is 9.59 Å². The predicted molar refractivity (Wildman–Crippen MR) is 111 cm³/mol. The zero-order valence-electron chi connectivity index (χ0n) is 16.7. The zero-order chi connectivity index (χ0) is 20.3. The number of para-hydroxylation sites is 3. The standard InChI is InChI=1S/C22H26N4O2/c1-5-19(27)23-16(4)22-24-17-11-6-7-12-18(17)26(22)13-20(28)25-21-14(2)9-8-10-15(21)3/h6-12,16H,5,13H2,1-4H3,(H,23,27)(H,25,28). The molecule has 0 saturated carbocycles. The summed E-state index contributed by atoms with van der Waals surface area (Å²) < 4.78 is 1.87. The van der Waals surface area contributed by atoms with E-state index in [0.29, 0.717) is 12.2 Å². The molecular weight excluding hydrogens is 352 g/mol. The number of fused-ring (bicyclic) bond motifs is 1. The van der Waals surface area contributed by atoms with Crippen molar-refractivity contribution in [2.45, 2.75) is 46.7 Å². The molecule has 0 radical (unpaired) electrons. The summed E-state index contributed by atoms with van der Waals surface area (Å²) in [5, 5.41) is 5.96. The lowest BCUT2D eigenvalue weighted by atomic mass is 10.1. The Morgan fingerprint density at radius 1 is 1.04 bits per heavy atom. The predicted octanol–water partition coefficient (Wildman–Crippen LogP) is 3.88. The molecule has 0 aliphatic rings. The number of nitrogens with one attached hydrogen (secondary N) is 2. The molecule has 1 atom stereocenters. The second-order valence-electron chi connectivity index (χ2n) is 7.00. The summed E-state index contributed by atoms with van der Waals surface area (Å²) >= 11 is 0. The molecule has 6 nitrogen and oxygen atoms in total. The Bertz CT molecular complexity index is 1000. The van der Waals surface area contributed by atoms with Gasteiger partial charge in [0, 0.05) is 12.1 Å². The highest BCUT2D eigenvalue weighted by Crippen LogP contribution is 2.23. The molecule has 1 heterocycles. The lowest BCUT2D eigenvalue weighted by Gasteiger charge is -2.17. The highest BCUT2D eigenvalue weighted by molar-refractivity contribution is 5.93. The summed E-state index contributed by atoms with van der Waals surface area (Å²) in [5.41, 5.74) is 4.55. The number of hydrogen-bond acceptors (Lipinski definition) is 3. The first-order chi connectivity index (χ1) is 13.4. The third-order valence-corrected chi connectivity index (χ3v) is 4.82. The molecule has 6 heteroatoms. The minimum Gasteiger partial charge on any atom is -0.346 e. The monoisotopic (exact) mass is 378 g/mol. The lowest BCUT2D eigenvalue weighted by Crippen LogP contribution is -2.29. The van der Waals surface area contributed by atoms with Crippen molar-refractivity contribution in [1.82, 2.24) is 14.9 Å². The van der Waals surface area contributed by atoms with Gasteiger partial charge in [0.2, 0.25) is 11.8 Å². The molecule has 0 aliphatic carbocycles. The summed E-state index contributed by atoms with van der Waals surface area (Å²) in [6.45, 7) is 7.76. The Balaban J connectivity index is 1.91. The number of amides is 2. The normalized spacial score (nSPS) is 12.0. The van der Waals surface area contributed by atoms with E-state index < -0.39 is 0 Å². The molecule has 28 heavy (non-hydrogen) atoms. The Labute approximate surface area is 165 Å². The van der Waals surface area contributed by atoms with Crippen LogP contribution in [0.5, 0.6) is 0 Å². The highest BCUT2D eigenvalue weighted by atomic mass is 16.2. The molecule has 3 aromatic rings. The van der Waals surface area contributed by atoms with Crippen LogP contribution in [0.2, 0.25) is 0 Å². The third kappa shape index (κ3) is 4.06. The van der Waals surface area contributed by atoms with Gasteiger partial charge in [-0.05, 0) is 44.0 Å². The number of aromatic nitrogens is 2. The number of anilines is 1. The van der Waals surface area contributed by atoms with Crippen LogP contribution < -0.4 is 10.6 Å². The van der Waals surface area contributed by atoms with E-state index in [-0.39, 0.29) is 24.4 Å². The van der Waals surface area contributed by atoms with Crippen molar-refractivity contribution in [2.75, 3.05) is 5.32 Å². The number of hydrogen-bond donors (Lipinski definition) is 2. The summed E-state index contributed by atoms with van der Waals surface area (Å²) in [5.74, 6) is 0.488. The van der Waals surface area contributed by atoms with Crippen LogP contribution in [0, 0.1) is 13.8 Å². The Hall–Kier alpha value is -3.15. The minimum absolute atomic E-state index is 0.0499. The molecule has 0 fully saturated rings. The minimum atomic E-state index is -0.298. The van der Waals surface area contributed by atoms with Crippen LogP contribution in [0.4, 0.5) is 5.69 Å². The summed E-state index contributed by atoms with van der Waals surface area (Å²) in [6.07, 6.45) is 0.400. The van der Waals surface area contributed by atoms with E-state index in [2.05, 4.69) is 15.6 Å². The fourth-order valence-electron chi connectivity index (χ4n) is 3.33. The Kier molecular flexibility index (Phi) is 5.78. The van der Waals surface area contributed by atoms with Gasteiger partial charge in [-0.25, -0.2) is 4.98 Å². The van der Waals surface area contributed by atoms with Gasteiger partial charge in [0.25, 0.3) is 0 Å². The molecule has 0 spiro atoms. The first-order valence-corrected chi connectivity index (χ1v) is 9.51. The fraction of sp³-hybridized carbons (Fsp3) is 0.318. The quantitative estimate of drug-likeness (QED) is 0.683. The van der Waals surface area contributed by atoms with Gasteiger partial charge in [0.15, 0.2) is 0 Å². The zero-order valence-corrected chi connectivity index (χ0v) is 16.7. The van der Waals surface area contributed by atoms with Crippen molar-refractivity contribution in [1.29, 1.82) is 0 Å². The maximum absolute atomic E-state index is 12.8. The lowest BCUT2D eigenvalue weighted by molar-refractivity contribution is -0.121. The average Bonchev–Trinajstić information content (AvgIpc) is 3.03.